The molecule has 4 atom stereocenters. The smallest absolute Gasteiger partial charge is 0.355 e. The van der Waals surface area contributed by atoms with E-state index in [1.807, 2.05) is 32.0 Å². The Morgan fingerprint density at radius 2 is 1.74 bits per heavy atom. The van der Waals surface area contributed by atoms with E-state index >= 15 is 0 Å². The van der Waals surface area contributed by atoms with Crippen molar-refractivity contribution in [3.63, 3.8) is 0 Å². The molecule has 3 aliphatic heterocycles. The number of piperazine rings is 1. The van der Waals surface area contributed by atoms with E-state index in [-0.39, 0.29) is 54.8 Å². The number of rotatable bonds is 12. The van der Waals surface area contributed by atoms with Gasteiger partial charge in [-0.3, -0.25) is 33.2 Å². The Morgan fingerprint density at radius 3 is 2.39 bits per heavy atom. The number of ether oxygens (including phenoxy) is 2. The number of halogens is 1. The first kappa shape index (κ1) is 38.8. The molecule has 2 saturated heterocycles. The number of urea groups is 1. The standard InChI is InChI=1S/C37H38ClN5O9S2/c1-20-5-6-24(13-21(20)2)16-41-11-12-42(34(47)33(41)46)37(49)40-30(28-18-53-22(3)39-28)29(44)14-27-32(45)43-31(25(15-38)19-54(50)35(27)43)36(48)52-17-23-7-9-26(51-4)10-8-23/h5-10,13,18,27,30,35H,11-12,14-17,19H2,1-4H3,(H,40,49)/t27-,30+,35-,54?/m1/s1. The molecule has 284 valence electrons. The maximum atomic E-state index is 14.0. The van der Waals surface area contributed by atoms with Gasteiger partial charge in [-0.05, 0) is 60.7 Å². The van der Waals surface area contributed by atoms with Crippen LogP contribution in [0.4, 0.5) is 4.79 Å². The van der Waals surface area contributed by atoms with Crippen molar-refractivity contribution < 1.29 is 42.4 Å². The minimum absolute atomic E-state index is 0.0852. The summed E-state index contributed by atoms with van der Waals surface area (Å²) < 4.78 is 24.1. The summed E-state index contributed by atoms with van der Waals surface area (Å²) in [5.41, 5.74) is 4.01. The highest BCUT2D eigenvalue weighted by molar-refractivity contribution is 7.86. The fourth-order valence-corrected chi connectivity index (χ4v) is 9.29. The van der Waals surface area contributed by atoms with Crippen LogP contribution >= 0.6 is 22.9 Å². The lowest BCUT2D eigenvalue weighted by atomic mass is 9.88. The lowest BCUT2D eigenvalue weighted by Gasteiger charge is -2.49. The zero-order valence-corrected chi connectivity index (χ0v) is 32.3. The van der Waals surface area contributed by atoms with Crippen molar-refractivity contribution in [1.29, 1.82) is 0 Å². The molecule has 5 amide bonds. The second-order valence-corrected chi connectivity index (χ2v) is 16.0. The summed E-state index contributed by atoms with van der Waals surface area (Å²) >= 11 is 7.36. The number of ketones is 1. The van der Waals surface area contributed by atoms with Crippen LogP contribution in [-0.2, 0) is 52.7 Å². The molecule has 2 aromatic carbocycles. The summed E-state index contributed by atoms with van der Waals surface area (Å²) in [6, 6.07) is 10.3. The molecule has 0 radical (unpaired) electrons. The van der Waals surface area contributed by atoms with E-state index in [9.17, 15) is 33.0 Å². The molecule has 1 N–H and O–H groups in total. The normalized spacial score (nSPS) is 20.4. The third-order valence-electron chi connectivity index (χ3n) is 9.64. The molecule has 14 nitrogen and oxygen atoms in total. The fourth-order valence-electron chi connectivity index (χ4n) is 6.54. The van der Waals surface area contributed by atoms with Crippen LogP contribution in [0.25, 0.3) is 0 Å². The zero-order chi connectivity index (χ0) is 38.8. The number of carbonyl (C=O) groups is 6. The molecule has 2 fully saturated rings. The number of hydrogen-bond donors (Lipinski definition) is 1. The fraction of sp³-hybridized carbons (Fsp3) is 0.378. The second kappa shape index (κ2) is 16.2. The summed E-state index contributed by atoms with van der Waals surface area (Å²) in [4.78, 5) is 88.4. The van der Waals surface area contributed by atoms with Gasteiger partial charge in [0, 0.05) is 48.1 Å². The van der Waals surface area contributed by atoms with Gasteiger partial charge in [0.05, 0.1) is 29.5 Å². The molecular weight excluding hydrogens is 758 g/mol. The number of alkyl halides is 1. The third-order valence-corrected chi connectivity index (χ3v) is 12.5. The molecule has 0 spiro atoms. The predicted octanol–water partition coefficient (Wildman–Crippen LogP) is 3.44. The van der Waals surface area contributed by atoms with Gasteiger partial charge < -0.3 is 19.7 Å². The Kier molecular flexibility index (Phi) is 11.6. The van der Waals surface area contributed by atoms with E-state index in [0.717, 1.165) is 26.5 Å². The number of methoxy groups -OCH3 is 1. The molecule has 6 rings (SSSR count). The molecule has 1 aromatic heterocycles. The van der Waals surface area contributed by atoms with Gasteiger partial charge in [-0.1, -0.05) is 30.3 Å². The number of nitrogens with zero attached hydrogens (tertiary/aromatic N) is 4. The number of Topliss-reactive ketones (excluding diaryl/α,β-unsaturated/α-hetero) is 1. The molecule has 54 heavy (non-hydrogen) atoms. The van der Waals surface area contributed by atoms with E-state index in [2.05, 4.69) is 10.3 Å². The minimum atomic E-state index is -1.71. The van der Waals surface area contributed by atoms with Gasteiger partial charge in [0.1, 0.15) is 29.5 Å². The molecule has 0 aliphatic carbocycles. The highest BCUT2D eigenvalue weighted by Gasteiger charge is 2.57. The summed E-state index contributed by atoms with van der Waals surface area (Å²) in [6.45, 7) is 5.70. The molecule has 1 unspecified atom stereocenters. The van der Waals surface area contributed by atoms with E-state index in [4.69, 9.17) is 21.1 Å². The summed E-state index contributed by atoms with van der Waals surface area (Å²) in [5, 5.41) is 3.71. The quantitative estimate of drug-likeness (QED) is 0.124. The lowest BCUT2D eigenvalue weighted by molar-refractivity contribution is -0.156. The van der Waals surface area contributed by atoms with Crippen molar-refractivity contribution in [2.45, 2.75) is 51.8 Å². The number of fused-ring (bicyclic) bond motifs is 1. The topological polar surface area (TPSA) is 173 Å². The number of thiazole rings is 1. The van der Waals surface area contributed by atoms with Crippen molar-refractivity contribution in [2.75, 3.05) is 31.8 Å². The van der Waals surface area contributed by atoms with E-state index in [1.54, 1.807) is 36.6 Å². The van der Waals surface area contributed by atoms with Gasteiger partial charge in [0.15, 0.2) is 5.78 Å². The summed E-state index contributed by atoms with van der Waals surface area (Å²) in [6.07, 6.45) is -0.450. The van der Waals surface area contributed by atoms with Crippen LogP contribution in [0.1, 0.15) is 45.4 Å². The maximum Gasteiger partial charge on any atom is 0.355 e. The number of nitrogens with one attached hydrogen (secondary N) is 1. The average Bonchev–Trinajstić information content (AvgIpc) is 3.60. The first-order chi connectivity index (χ1) is 25.8. The number of aromatic nitrogens is 1. The first-order valence-corrected chi connectivity index (χ1v) is 19.8. The molecule has 3 aromatic rings. The summed E-state index contributed by atoms with van der Waals surface area (Å²) in [5.74, 6) is -4.71. The maximum absolute atomic E-state index is 14.0. The Morgan fingerprint density at radius 1 is 1.02 bits per heavy atom. The number of imide groups is 1. The number of esters is 1. The number of amides is 5. The minimum Gasteiger partial charge on any atom is -0.497 e. The number of β-lactam (4-membered cyclic amide) rings is 1. The van der Waals surface area contributed by atoms with E-state index in [1.165, 1.54) is 23.3 Å². The van der Waals surface area contributed by atoms with Crippen molar-refractivity contribution in [3.8, 4) is 5.75 Å². The monoisotopic (exact) mass is 795 g/mol. The van der Waals surface area contributed by atoms with Gasteiger partial charge in [-0.2, -0.15) is 0 Å². The van der Waals surface area contributed by atoms with E-state index in [0.29, 0.717) is 16.3 Å². The second-order valence-electron chi connectivity index (χ2n) is 13.2. The molecule has 3 aliphatic rings. The predicted molar refractivity (Wildman–Crippen MR) is 198 cm³/mol. The van der Waals surface area contributed by atoms with Crippen molar-refractivity contribution in [2.24, 2.45) is 5.92 Å². The Hall–Kier alpha value is -4.93. The number of benzene rings is 2. The number of carbonyl (C=O) groups excluding carboxylic acids is 6. The van der Waals surface area contributed by atoms with Crippen molar-refractivity contribution in [1.82, 2.24) is 25.0 Å². The Bertz CT molecular complexity index is 2080. The largest absolute Gasteiger partial charge is 0.497 e. The lowest BCUT2D eigenvalue weighted by Crippen LogP contribution is -2.66. The number of hydrogen-bond acceptors (Lipinski definition) is 11. The molecule has 4 heterocycles. The first-order valence-electron chi connectivity index (χ1n) is 17.0. The Balaban J connectivity index is 1.14. The molecule has 0 bridgehead atoms. The number of aryl methyl sites for hydroxylation is 3. The van der Waals surface area contributed by atoms with E-state index < -0.39 is 70.1 Å². The van der Waals surface area contributed by atoms with Gasteiger partial charge in [0.25, 0.3) is 0 Å². The Labute approximate surface area is 322 Å². The van der Waals surface area contributed by atoms with Crippen LogP contribution in [-0.4, -0.2) is 96.6 Å². The van der Waals surface area contributed by atoms with Crippen LogP contribution < -0.4 is 10.1 Å². The van der Waals surface area contributed by atoms with Crippen LogP contribution in [0.3, 0.4) is 0 Å². The van der Waals surface area contributed by atoms with Crippen molar-refractivity contribution >= 4 is 69.2 Å². The highest BCUT2D eigenvalue weighted by atomic mass is 35.5. The highest BCUT2D eigenvalue weighted by Crippen LogP contribution is 2.42. The molecule has 17 heteroatoms. The molecular formula is C37H38ClN5O9S2. The van der Waals surface area contributed by atoms with Crippen molar-refractivity contribution in [3.05, 3.63) is 92.1 Å². The average molecular weight is 796 g/mol. The summed E-state index contributed by atoms with van der Waals surface area (Å²) in [7, 11) is -0.181. The van der Waals surface area contributed by atoms with Gasteiger partial charge in [-0.25, -0.2) is 14.6 Å². The van der Waals surface area contributed by atoms with Crippen LogP contribution in [0, 0.1) is 26.7 Å². The van der Waals surface area contributed by atoms with Crippen LogP contribution in [0.2, 0.25) is 0 Å². The van der Waals surface area contributed by atoms with Crippen LogP contribution in [0.5, 0.6) is 5.75 Å². The third kappa shape index (κ3) is 7.81. The molecule has 0 saturated carbocycles. The van der Waals surface area contributed by atoms with Crippen LogP contribution in [0.15, 0.2) is 59.1 Å². The van der Waals surface area contributed by atoms with Gasteiger partial charge in [-0.15, -0.1) is 22.9 Å². The SMILES string of the molecule is COc1ccc(COC(=O)C2=C(CCl)CS(=O)[C@@H]3[C@H](CC(=O)[C@@H](NC(=O)N4CCN(Cc5ccc(C)c(C)c5)C(=O)C4=O)c4csc(C)n4)C(=O)N23)cc1. The van der Waals surface area contributed by atoms with Gasteiger partial charge in [0.2, 0.25) is 5.91 Å². The van der Waals surface area contributed by atoms with Gasteiger partial charge >= 0.3 is 23.8 Å². The zero-order valence-electron chi connectivity index (χ0n) is 30.0.